The average molecular weight is 312 g/mol. The highest BCUT2D eigenvalue weighted by atomic mass is 32.2. The average Bonchev–Trinajstić information content (AvgIpc) is 3.25. The number of halogens is 2. The summed E-state index contributed by atoms with van der Waals surface area (Å²) in [7, 11) is 0. The number of hydrogen-bond donors (Lipinski definition) is 1. The Bertz CT molecular complexity index is 578. The maximum absolute atomic E-state index is 12.6. The van der Waals surface area contributed by atoms with Crippen molar-refractivity contribution in [3.8, 4) is 0 Å². The summed E-state index contributed by atoms with van der Waals surface area (Å²) >= 11 is 0.388. The third kappa shape index (κ3) is 3.02. The van der Waals surface area contributed by atoms with Crippen LogP contribution in [0, 0.1) is 5.92 Å². The van der Waals surface area contributed by atoms with Crippen molar-refractivity contribution >= 4 is 29.3 Å². The van der Waals surface area contributed by atoms with E-state index < -0.39 is 11.8 Å². The first kappa shape index (κ1) is 14.3. The second-order valence-corrected chi connectivity index (χ2v) is 6.19. The number of piperazine rings is 1. The first-order chi connectivity index (χ1) is 10.1. The molecule has 1 aliphatic carbocycles. The number of amides is 2. The predicted molar refractivity (Wildman–Crippen MR) is 75.3 cm³/mol. The molecule has 1 N–H and O–H groups in total. The zero-order valence-electron chi connectivity index (χ0n) is 11.1. The van der Waals surface area contributed by atoms with Gasteiger partial charge in [0.05, 0.1) is 5.69 Å². The topological polar surface area (TPSA) is 49.4 Å². The fraction of sp³-hybridized carbons (Fsp3) is 0.429. The van der Waals surface area contributed by atoms with Gasteiger partial charge in [-0.2, -0.15) is 8.78 Å². The highest BCUT2D eigenvalue weighted by molar-refractivity contribution is 7.99. The fourth-order valence-electron chi connectivity index (χ4n) is 2.50. The van der Waals surface area contributed by atoms with E-state index in [0.29, 0.717) is 22.3 Å². The van der Waals surface area contributed by atoms with Crippen molar-refractivity contribution in [3.05, 3.63) is 24.3 Å². The summed E-state index contributed by atoms with van der Waals surface area (Å²) < 4.78 is 25.3. The van der Waals surface area contributed by atoms with Gasteiger partial charge in [0.25, 0.3) is 5.76 Å². The molecule has 2 amide bonds. The van der Waals surface area contributed by atoms with Gasteiger partial charge in [0.1, 0.15) is 12.6 Å². The number of alkyl halides is 2. The van der Waals surface area contributed by atoms with Gasteiger partial charge >= 0.3 is 0 Å². The van der Waals surface area contributed by atoms with Crippen molar-refractivity contribution < 1.29 is 18.4 Å². The van der Waals surface area contributed by atoms with E-state index in [9.17, 15) is 18.4 Å². The largest absolute Gasteiger partial charge is 0.342 e. The van der Waals surface area contributed by atoms with Crippen molar-refractivity contribution in [1.82, 2.24) is 5.32 Å². The molecule has 7 heteroatoms. The van der Waals surface area contributed by atoms with Gasteiger partial charge in [-0.25, -0.2) is 0 Å². The first-order valence-corrected chi connectivity index (χ1v) is 7.59. The van der Waals surface area contributed by atoms with Crippen LogP contribution in [0.2, 0.25) is 0 Å². The van der Waals surface area contributed by atoms with E-state index in [-0.39, 0.29) is 24.3 Å². The smallest absolute Gasteiger partial charge is 0.288 e. The molecule has 3 rings (SSSR count). The molecule has 0 bridgehead atoms. The second-order valence-electron chi connectivity index (χ2n) is 5.15. The van der Waals surface area contributed by atoms with Crippen LogP contribution in [0.25, 0.3) is 0 Å². The summed E-state index contributed by atoms with van der Waals surface area (Å²) in [5, 5.41) is 2.70. The standard InChI is InChI=1S/C14H14F2N2O2S/c15-14(16)21-10-4-2-1-3-9(10)18-7-11(19)17-12(13(18)20)8-5-6-8/h1-4,8,12,14H,5-7H2,(H,17,19). The van der Waals surface area contributed by atoms with Crippen LogP contribution in [-0.4, -0.2) is 30.2 Å². The minimum atomic E-state index is -2.57. The van der Waals surface area contributed by atoms with Crippen LogP contribution >= 0.6 is 11.8 Å². The van der Waals surface area contributed by atoms with Gasteiger partial charge in [-0.15, -0.1) is 0 Å². The molecule has 1 aromatic rings. The number of benzene rings is 1. The van der Waals surface area contributed by atoms with Crippen LogP contribution in [0.3, 0.4) is 0 Å². The van der Waals surface area contributed by atoms with Crippen molar-refractivity contribution in [3.63, 3.8) is 0 Å². The molecule has 1 unspecified atom stereocenters. The summed E-state index contributed by atoms with van der Waals surface area (Å²) in [5.74, 6) is -2.85. The van der Waals surface area contributed by atoms with E-state index in [1.807, 2.05) is 0 Å². The Morgan fingerprint density at radius 3 is 2.62 bits per heavy atom. The number of carbonyl (C=O) groups excluding carboxylic acids is 2. The third-order valence-corrected chi connectivity index (χ3v) is 4.39. The predicted octanol–water partition coefficient (Wildman–Crippen LogP) is 2.24. The fourth-order valence-corrected chi connectivity index (χ4v) is 3.15. The summed E-state index contributed by atoms with van der Waals surface area (Å²) in [5.41, 5.74) is 0.383. The zero-order chi connectivity index (χ0) is 15.0. The number of para-hydroxylation sites is 1. The molecule has 0 spiro atoms. The SMILES string of the molecule is O=C1CN(c2ccccc2SC(F)F)C(=O)C(C2CC2)N1. The minimum absolute atomic E-state index is 0.122. The van der Waals surface area contributed by atoms with E-state index in [1.165, 1.54) is 11.0 Å². The summed E-state index contributed by atoms with van der Waals surface area (Å²) in [4.78, 5) is 26.0. The van der Waals surface area contributed by atoms with Crippen LogP contribution < -0.4 is 10.2 Å². The van der Waals surface area contributed by atoms with Gasteiger partial charge in [-0.3, -0.25) is 9.59 Å². The number of nitrogens with zero attached hydrogens (tertiary/aromatic N) is 1. The Morgan fingerprint density at radius 2 is 1.95 bits per heavy atom. The van der Waals surface area contributed by atoms with Crippen LogP contribution in [0.1, 0.15) is 12.8 Å². The van der Waals surface area contributed by atoms with E-state index in [2.05, 4.69) is 5.32 Å². The monoisotopic (exact) mass is 312 g/mol. The van der Waals surface area contributed by atoms with Gasteiger partial charge < -0.3 is 10.2 Å². The lowest BCUT2D eigenvalue weighted by Gasteiger charge is -2.33. The maximum Gasteiger partial charge on any atom is 0.288 e. The molecule has 0 radical (unpaired) electrons. The number of thioether (sulfide) groups is 1. The molecule has 0 aromatic heterocycles. The Balaban J connectivity index is 1.91. The van der Waals surface area contributed by atoms with E-state index in [0.717, 1.165) is 12.8 Å². The van der Waals surface area contributed by atoms with Gasteiger partial charge in [0, 0.05) is 4.90 Å². The summed E-state index contributed by atoms with van der Waals surface area (Å²) in [6.07, 6.45) is 1.83. The van der Waals surface area contributed by atoms with E-state index in [4.69, 9.17) is 0 Å². The number of hydrogen-bond acceptors (Lipinski definition) is 3. The molecule has 1 saturated heterocycles. The third-order valence-electron chi connectivity index (χ3n) is 3.62. The molecule has 1 atom stereocenters. The molecule has 1 aliphatic heterocycles. The number of anilines is 1. The zero-order valence-corrected chi connectivity index (χ0v) is 11.9. The lowest BCUT2D eigenvalue weighted by atomic mass is 10.1. The van der Waals surface area contributed by atoms with Crippen LogP contribution in [0.5, 0.6) is 0 Å². The van der Waals surface area contributed by atoms with Crippen LogP contribution in [0.4, 0.5) is 14.5 Å². The molecule has 2 aliphatic rings. The molecule has 2 fully saturated rings. The molecule has 1 heterocycles. The minimum Gasteiger partial charge on any atom is -0.342 e. The number of rotatable bonds is 4. The second kappa shape index (κ2) is 5.63. The van der Waals surface area contributed by atoms with E-state index >= 15 is 0 Å². The quantitative estimate of drug-likeness (QED) is 0.868. The van der Waals surface area contributed by atoms with Crippen molar-refractivity contribution in [2.75, 3.05) is 11.4 Å². The summed E-state index contributed by atoms with van der Waals surface area (Å²) in [6, 6.07) is 5.94. The Morgan fingerprint density at radius 1 is 1.24 bits per heavy atom. The highest BCUT2D eigenvalue weighted by Gasteiger charge is 2.43. The Hall–Kier alpha value is -1.63. The Kier molecular flexibility index (Phi) is 3.84. The molecule has 21 heavy (non-hydrogen) atoms. The van der Waals surface area contributed by atoms with Crippen molar-refractivity contribution in [2.45, 2.75) is 29.5 Å². The lowest BCUT2D eigenvalue weighted by Crippen LogP contribution is -2.59. The highest BCUT2D eigenvalue weighted by Crippen LogP contribution is 2.38. The van der Waals surface area contributed by atoms with Gasteiger partial charge in [0.15, 0.2) is 0 Å². The maximum atomic E-state index is 12.6. The van der Waals surface area contributed by atoms with Gasteiger partial charge in [-0.1, -0.05) is 23.9 Å². The van der Waals surface area contributed by atoms with Crippen LogP contribution in [-0.2, 0) is 9.59 Å². The van der Waals surface area contributed by atoms with Crippen molar-refractivity contribution in [2.24, 2.45) is 5.92 Å². The molecule has 1 aromatic carbocycles. The molecular weight excluding hydrogens is 298 g/mol. The normalized spacial score (nSPS) is 22.6. The van der Waals surface area contributed by atoms with Gasteiger partial charge in [-0.05, 0) is 30.9 Å². The van der Waals surface area contributed by atoms with Crippen molar-refractivity contribution in [1.29, 1.82) is 0 Å². The molecule has 1 saturated carbocycles. The number of nitrogens with one attached hydrogen (secondary N) is 1. The molecular formula is C14H14F2N2O2S. The van der Waals surface area contributed by atoms with E-state index in [1.54, 1.807) is 18.2 Å². The lowest BCUT2D eigenvalue weighted by molar-refractivity contribution is -0.131. The van der Waals surface area contributed by atoms with Gasteiger partial charge in [0.2, 0.25) is 11.8 Å². The Labute approximate surface area is 124 Å². The molecule has 4 nitrogen and oxygen atoms in total. The first-order valence-electron chi connectivity index (χ1n) is 6.71. The van der Waals surface area contributed by atoms with Crippen LogP contribution in [0.15, 0.2) is 29.2 Å². The number of carbonyl (C=O) groups is 2. The summed E-state index contributed by atoms with van der Waals surface area (Å²) in [6.45, 7) is -0.122. The molecule has 112 valence electrons.